The number of hydrogen-bond acceptors (Lipinski definition) is 3. The summed E-state index contributed by atoms with van der Waals surface area (Å²) in [6, 6.07) is 6.06. The summed E-state index contributed by atoms with van der Waals surface area (Å²) < 4.78 is 25.9. The molecule has 0 amide bonds. The molecule has 0 spiro atoms. The Morgan fingerprint density at radius 3 is 2.41 bits per heavy atom. The predicted molar refractivity (Wildman–Crippen MR) is 67.6 cm³/mol. The first kappa shape index (κ1) is 14.4. The van der Waals surface area contributed by atoms with Crippen LogP contribution in [0, 0.1) is 0 Å². The highest BCUT2D eigenvalue weighted by molar-refractivity contribution is 7.89. The Balaban J connectivity index is 3.22. The Labute approximate surface area is 107 Å². The lowest BCUT2D eigenvalue weighted by Crippen LogP contribution is -2.39. The fourth-order valence-corrected chi connectivity index (χ4v) is 3.66. The molecule has 1 N–H and O–H groups in total. The zero-order valence-corrected chi connectivity index (χ0v) is 11.4. The van der Waals surface area contributed by atoms with Gasteiger partial charge in [0.1, 0.15) is 4.90 Å². The van der Waals surface area contributed by atoms with Crippen molar-refractivity contribution < 1.29 is 13.5 Å². The summed E-state index contributed by atoms with van der Waals surface area (Å²) in [5.74, 6) is 0. The summed E-state index contributed by atoms with van der Waals surface area (Å²) in [7, 11) is -3.65. The van der Waals surface area contributed by atoms with Crippen molar-refractivity contribution in [2.45, 2.75) is 24.8 Å². The molecule has 0 radical (unpaired) electrons. The summed E-state index contributed by atoms with van der Waals surface area (Å²) in [6.45, 7) is 3.35. The summed E-state index contributed by atoms with van der Waals surface area (Å²) in [5.41, 5.74) is 0. The fourth-order valence-electron chi connectivity index (χ4n) is 1.53. The van der Waals surface area contributed by atoms with Gasteiger partial charge in [0.2, 0.25) is 10.0 Å². The van der Waals surface area contributed by atoms with Crippen LogP contribution in [0.25, 0.3) is 0 Å². The Kier molecular flexibility index (Phi) is 4.94. The van der Waals surface area contributed by atoms with Gasteiger partial charge in [-0.3, -0.25) is 0 Å². The van der Waals surface area contributed by atoms with Crippen LogP contribution in [0.4, 0.5) is 0 Å². The Morgan fingerprint density at radius 2 is 1.94 bits per heavy atom. The molecule has 0 heterocycles. The largest absolute Gasteiger partial charge is 0.395 e. The van der Waals surface area contributed by atoms with Gasteiger partial charge in [-0.15, -0.1) is 0 Å². The number of benzene rings is 1. The van der Waals surface area contributed by atoms with Crippen molar-refractivity contribution in [3.8, 4) is 0 Å². The molecule has 1 rings (SSSR count). The van der Waals surface area contributed by atoms with Crippen LogP contribution < -0.4 is 0 Å². The molecule has 0 unspecified atom stereocenters. The molecule has 0 saturated heterocycles. The Bertz CT molecular complexity index is 473. The van der Waals surface area contributed by atoms with E-state index in [4.69, 9.17) is 16.7 Å². The van der Waals surface area contributed by atoms with Crippen LogP contribution in [0.5, 0.6) is 0 Å². The van der Waals surface area contributed by atoms with Crippen molar-refractivity contribution in [1.82, 2.24) is 4.31 Å². The first-order valence-corrected chi connectivity index (χ1v) is 7.10. The smallest absolute Gasteiger partial charge is 0.244 e. The predicted octanol–water partition coefficient (Wildman–Crippen LogP) is 1.73. The highest BCUT2D eigenvalue weighted by atomic mass is 35.5. The van der Waals surface area contributed by atoms with Crippen molar-refractivity contribution in [2.24, 2.45) is 0 Å². The van der Waals surface area contributed by atoms with Crippen molar-refractivity contribution in [3.63, 3.8) is 0 Å². The van der Waals surface area contributed by atoms with Gasteiger partial charge in [-0.1, -0.05) is 23.7 Å². The highest BCUT2D eigenvalue weighted by Gasteiger charge is 2.28. The topological polar surface area (TPSA) is 57.6 Å². The Hall–Kier alpha value is -0.620. The molecule has 0 saturated carbocycles. The molecule has 0 aromatic heterocycles. The molecule has 0 bridgehead atoms. The number of halogens is 1. The van der Waals surface area contributed by atoms with Gasteiger partial charge < -0.3 is 5.11 Å². The van der Waals surface area contributed by atoms with E-state index in [1.807, 2.05) is 0 Å². The number of aliphatic hydroxyl groups is 1. The molecule has 0 aliphatic heterocycles. The van der Waals surface area contributed by atoms with Crippen LogP contribution in [0.1, 0.15) is 13.8 Å². The van der Waals surface area contributed by atoms with E-state index in [2.05, 4.69) is 0 Å². The van der Waals surface area contributed by atoms with E-state index in [1.165, 1.54) is 16.4 Å². The maximum absolute atomic E-state index is 12.3. The quantitative estimate of drug-likeness (QED) is 0.892. The average molecular weight is 278 g/mol. The van der Waals surface area contributed by atoms with E-state index in [-0.39, 0.29) is 29.1 Å². The van der Waals surface area contributed by atoms with Crippen molar-refractivity contribution in [2.75, 3.05) is 13.2 Å². The van der Waals surface area contributed by atoms with Gasteiger partial charge in [0.15, 0.2) is 0 Å². The summed E-state index contributed by atoms with van der Waals surface area (Å²) in [5, 5.41) is 9.12. The van der Waals surface area contributed by atoms with Gasteiger partial charge in [-0.05, 0) is 26.0 Å². The zero-order chi connectivity index (χ0) is 13.1. The summed E-state index contributed by atoms with van der Waals surface area (Å²) >= 11 is 5.89. The van der Waals surface area contributed by atoms with Gasteiger partial charge >= 0.3 is 0 Å². The van der Waals surface area contributed by atoms with Crippen LogP contribution in [0.2, 0.25) is 5.02 Å². The maximum Gasteiger partial charge on any atom is 0.244 e. The molecular formula is C11H16ClNO3S. The fraction of sp³-hybridized carbons (Fsp3) is 0.455. The Morgan fingerprint density at radius 1 is 1.35 bits per heavy atom. The van der Waals surface area contributed by atoms with E-state index in [1.54, 1.807) is 26.0 Å². The van der Waals surface area contributed by atoms with Crippen molar-refractivity contribution >= 4 is 21.6 Å². The number of aliphatic hydroxyl groups excluding tert-OH is 1. The molecular weight excluding hydrogens is 262 g/mol. The third kappa shape index (κ3) is 3.19. The van der Waals surface area contributed by atoms with E-state index < -0.39 is 10.0 Å². The highest BCUT2D eigenvalue weighted by Crippen LogP contribution is 2.25. The second kappa shape index (κ2) is 5.82. The van der Waals surface area contributed by atoms with Crippen molar-refractivity contribution in [3.05, 3.63) is 29.3 Å². The molecule has 96 valence electrons. The molecule has 0 atom stereocenters. The lowest BCUT2D eigenvalue weighted by atomic mass is 10.4. The number of hydrogen-bond donors (Lipinski definition) is 1. The van der Waals surface area contributed by atoms with Crippen LogP contribution in [-0.4, -0.2) is 37.0 Å². The van der Waals surface area contributed by atoms with Gasteiger partial charge in [-0.2, -0.15) is 4.31 Å². The molecule has 0 aliphatic carbocycles. The third-order valence-corrected chi connectivity index (χ3v) is 4.89. The zero-order valence-electron chi connectivity index (χ0n) is 9.80. The van der Waals surface area contributed by atoms with Crippen LogP contribution in [-0.2, 0) is 10.0 Å². The maximum atomic E-state index is 12.3. The summed E-state index contributed by atoms with van der Waals surface area (Å²) in [6.07, 6.45) is 0. The normalized spacial score (nSPS) is 12.4. The second-order valence-electron chi connectivity index (χ2n) is 3.86. The van der Waals surface area contributed by atoms with Gasteiger partial charge in [0.05, 0.1) is 11.6 Å². The minimum absolute atomic E-state index is 0.0607. The van der Waals surface area contributed by atoms with Gasteiger partial charge in [-0.25, -0.2) is 8.42 Å². The molecule has 6 heteroatoms. The van der Waals surface area contributed by atoms with E-state index in [0.717, 1.165) is 0 Å². The van der Waals surface area contributed by atoms with Gasteiger partial charge in [0, 0.05) is 12.6 Å². The number of sulfonamides is 1. The molecule has 4 nitrogen and oxygen atoms in total. The second-order valence-corrected chi connectivity index (χ2v) is 6.13. The molecule has 1 aromatic carbocycles. The standard InChI is InChI=1S/C11H16ClNO3S/c1-9(2)13(7-8-14)17(15,16)11-6-4-3-5-10(11)12/h3-6,9,14H,7-8H2,1-2H3. The van der Waals surface area contributed by atoms with Crippen molar-refractivity contribution in [1.29, 1.82) is 0 Å². The third-order valence-electron chi connectivity index (χ3n) is 2.32. The SMILES string of the molecule is CC(C)N(CCO)S(=O)(=O)c1ccccc1Cl. The average Bonchev–Trinajstić information content (AvgIpc) is 2.25. The minimum Gasteiger partial charge on any atom is -0.395 e. The number of nitrogens with zero attached hydrogens (tertiary/aromatic N) is 1. The lowest BCUT2D eigenvalue weighted by molar-refractivity contribution is 0.236. The molecule has 0 aliphatic rings. The van der Waals surface area contributed by atoms with E-state index in [0.29, 0.717) is 0 Å². The first-order chi connectivity index (χ1) is 7.91. The van der Waals surface area contributed by atoms with Crippen LogP contribution in [0.3, 0.4) is 0 Å². The molecule has 0 fully saturated rings. The first-order valence-electron chi connectivity index (χ1n) is 5.28. The lowest BCUT2D eigenvalue weighted by Gasteiger charge is -2.25. The molecule has 1 aromatic rings. The number of rotatable bonds is 5. The monoisotopic (exact) mass is 277 g/mol. The van der Waals surface area contributed by atoms with Crippen LogP contribution in [0.15, 0.2) is 29.2 Å². The molecule has 17 heavy (non-hydrogen) atoms. The van der Waals surface area contributed by atoms with Gasteiger partial charge in [0.25, 0.3) is 0 Å². The summed E-state index contributed by atoms with van der Waals surface area (Å²) in [4.78, 5) is 0.0730. The van der Waals surface area contributed by atoms with E-state index >= 15 is 0 Å². The van der Waals surface area contributed by atoms with E-state index in [9.17, 15) is 8.42 Å². The van der Waals surface area contributed by atoms with Crippen LogP contribution >= 0.6 is 11.6 Å². The minimum atomic E-state index is -3.65.